The quantitative estimate of drug-likeness (QED) is 0.671. The Kier molecular flexibility index (Phi) is 6.18. The van der Waals surface area contributed by atoms with Gasteiger partial charge in [0.25, 0.3) is 0 Å². The van der Waals surface area contributed by atoms with Crippen molar-refractivity contribution in [2.75, 3.05) is 6.54 Å². The monoisotopic (exact) mass is 397 g/mol. The number of benzene rings is 2. The van der Waals surface area contributed by atoms with E-state index in [4.69, 9.17) is 0 Å². The van der Waals surface area contributed by atoms with Gasteiger partial charge in [0.05, 0.1) is 6.04 Å². The van der Waals surface area contributed by atoms with Gasteiger partial charge in [0.2, 0.25) is 0 Å². The molecule has 0 aliphatic rings. The molecule has 1 nitrogen and oxygen atoms in total. The van der Waals surface area contributed by atoms with Crippen LogP contribution in [-0.4, -0.2) is 6.54 Å². The number of hydrogen-bond acceptors (Lipinski definition) is 1. The summed E-state index contributed by atoms with van der Waals surface area (Å²) in [4.78, 5) is 0. The fourth-order valence-electron chi connectivity index (χ4n) is 2.42. The zero-order chi connectivity index (χ0) is 15.2. The Balaban J connectivity index is 2.41. The van der Waals surface area contributed by atoms with Crippen molar-refractivity contribution in [1.29, 1.82) is 0 Å². The number of aryl methyl sites for hydroxylation is 1. The summed E-state index contributed by atoms with van der Waals surface area (Å²) in [7, 11) is 0. The molecule has 0 fully saturated rings. The minimum absolute atomic E-state index is 0.115. The maximum Gasteiger partial charge on any atom is 0.124 e. The van der Waals surface area contributed by atoms with Crippen molar-refractivity contribution in [2.24, 2.45) is 0 Å². The number of nitrogens with one attached hydrogen (secondary N) is 1. The first-order valence-electron chi connectivity index (χ1n) is 7.42. The Morgan fingerprint density at radius 3 is 2.62 bits per heavy atom. The van der Waals surface area contributed by atoms with Gasteiger partial charge in [-0.1, -0.05) is 44.2 Å². The molecule has 0 radical (unpaired) electrons. The van der Waals surface area contributed by atoms with E-state index >= 15 is 0 Å². The van der Waals surface area contributed by atoms with E-state index < -0.39 is 0 Å². The molecule has 2 aromatic carbocycles. The summed E-state index contributed by atoms with van der Waals surface area (Å²) < 4.78 is 14.3. The normalized spacial score (nSPS) is 12.4. The second-order valence-corrected chi connectivity index (χ2v) is 6.31. The SMILES string of the molecule is CCCNC(c1cccc(CC)c1)c1ccc(F)cc1I. The molecule has 0 bridgehead atoms. The van der Waals surface area contributed by atoms with Gasteiger partial charge in [0, 0.05) is 3.57 Å². The van der Waals surface area contributed by atoms with Gasteiger partial charge in [-0.05, 0) is 70.8 Å². The Labute approximate surface area is 140 Å². The van der Waals surface area contributed by atoms with Crippen LogP contribution in [-0.2, 0) is 6.42 Å². The van der Waals surface area contributed by atoms with Crippen molar-refractivity contribution < 1.29 is 4.39 Å². The van der Waals surface area contributed by atoms with Gasteiger partial charge in [-0.3, -0.25) is 0 Å². The number of rotatable bonds is 6. The van der Waals surface area contributed by atoms with Gasteiger partial charge in [-0.2, -0.15) is 0 Å². The molecule has 1 N–H and O–H groups in total. The predicted octanol–water partition coefficient (Wildman–Crippen LogP) is 5.08. The summed E-state index contributed by atoms with van der Waals surface area (Å²) in [5.74, 6) is -0.181. The fraction of sp³-hybridized carbons (Fsp3) is 0.333. The second-order valence-electron chi connectivity index (χ2n) is 5.15. The van der Waals surface area contributed by atoms with E-state index in [-0.39, 0.29) is 11.9 Å². The number of hydrogen-bond donors (Lipinski definition) is 1. The molecule has 0 heterocycles. The summed E-state index contributed by atoms with van der Waals surface area (Å²) in [6.45, 7) is 5.26. The van der Waals surface area contributed by atoms with Crippen molar-refractivity contribution in [3.05, 3.63) is 68.5 Å². The van der Waals surface area contributed by atoms with Crippen LogP contribution in [0.1, 0.15) is 43.0 Å². The molecule has 2 aromatic rings. The molecular formula is C18H21FIN. The summed E-state index contributed by atoms with van der Waals surface area (Å²) in [5, 5.41) is 3.59. The highest BCUT2D eigenvalue weighted by Crippen LogP contribution is 2.27. The van der Waals surface area contributed by atoms with Gasteiger partial charge >= 0.3 is 0 Å². The van der Waals surface area contributed by atoms with E-state index in [1.807, 2.05) is 6.07 Å². The topological polar surface area (TPSA) is 12.0 Å². The third kappa shape index (κ3) is 4.27. The lowest BCUT2D eigenvalue weighted by molar-refractivity contribution is 0.590. The first-order valence-corrected chi connectivity index (χ1v) is 8.50. The molecule has 0 spiro atoms. The molecule has 0 saturated heterocycles. The highest BCUT2D eigenvalue weighted by molar-refractivity contribution is 14.1. The molecule has 1 atom stereocenters. The van der Waals surface area contributed by atoms with Crippen molar-refractivity contribution >= 4 is 22.6 Å². The summed E-state index contributed by atoms with van der Waals surface area (Å²) >= 11 is 2.22. The van der Waals surface area contributed by atoms with Gasteiger partial charge in [0.15, 0.2) is 0 Å². The van der Waals surface area contributed by atoms with E-state index in [0.717, 1.165) is 28.5 Å². The van der Waals surface area contributed by atoms with E-state index in [1.165, 1.54) is 11.1 Å². The van der Waals surface area contributed by atoms with Crippen molar-refractivity contribution in [2.45, 2.75) is 32.7 Å². The standard InChI is InChI=1S/C18H21FIN/c1-3-10-21-18(14-7-5-6-13(4-2)11-14)16-9-8-15(19)12-17(16)20/h5-9,11-12,18,21H,3-4,10H2,1-2H3. The molecule has 0 aliphatic carbocycles. The largest absolute Gasteiger partial charge is 0.306 e. The van der Waals surface area contributed by atoms with Crippen LogP contribution in [0.25, 0.3) is 0 Å². The minimum atomic E-state index is -0.181. The maximum absolute atomic E-state index is 13.4. The first kappa shape index (κ1) is 16.4. The van der Waals surface area contributed by atoms with Gasteiger partial charge in [-0.25, -0.2) is 4.39 Å². The highest BCUT2D eigenvalue weighted by Gasteiger charge is 2.16. The molecule has 21 heavy (non-hydrogen) atoms. The van der Waals surface area contributed by atoms with E-state index in [0.29, 0.717) is 0 Å². The summed E-state index contributed by atoms with van der Waals surface area (Å²) in [5.41, 5.74) is 3.71. The highest BCUT2D eigenvalue weighted by atomic mass is 127. The molecular weight excluding hydrogens is 376 g/mol. The lowest BCUT2D eigenvalue weighted by atomic mass is 9.96. The zero-order valence-electron chi connectivity index (χ0n) is 12.5. The average molecular weight is 397 g/mol. The third-order valence-corrected chi connectivity index (χ3v) is 4.50. The predicted molar refractivity (Wildman–Crippen MR) is 95.1 cm³/mol. The molecule has 0 saturated carbocycles. The lowest BCUT2D eigenvalue weighted by Crippen LogP contribution is -2.24. The second kappa shape index (κ2) is 7.90. The number of halogens is 2. The fourth-order valence-corrected chi connectivity index (χ4v) is 3.21. The third-order valence-electron chi connectivity index (χ3n) is 3.56. The Morgan fingerprint density at radius 2 is 1.95 bits per heavy atom. The maximum atomic E-state index is 13.4. The molecule has 0 amide bonds. The molecule has 1 unspecified atom stereocenters. The minimum Gasteiger partial charge on any atom is -0.306 e. The van der Waals surface area contributed by atoms with E-state index in [9.17, 15) is 4.39 Å². The van der Waals surface area contributed by atoms with Crippen molar-refractivity contribution in [3.8, 4) is 0 Å². The summed E-state index contributed by atoms with van der Waals surface area (Å²) in [6.07, 6.45) is 2.09. The summed E-state index contributed by atoms with van der Waals surface area (Å²) in [6, 6.07) is 13.8. The Hall–Kier alpha value is -0.940. The van der Waals surface area contributed by atoms with E-state index in [2.05, 4.69) is 66.0 Å². The zero-order valence-corrected chi connectivity index (χ0v) is 14.7. The smallest absolute Gasteiger partial charge is 0.124 e. The Bertz CT molecular complexity index is 598. The van der Waals surface area contributed by atoms with Crippen molar-refractivity contribution in [3.63, 3.8) is 0 Å². The van der Waals surface area contributed by atoms with Crippen LogP contribution in [0.15, 0.2) is 42.5 Å². The van der Waals surface area contributed by atoms with Crippen LogP contribution in [0.4, 0.5) is 4.39 Å². The lowest BCUT2D eigenvalue weighted by Gasteiger charge is -2.21. The van der Waals surface area contributed by atoms with Gasteiger partial charge in [-0.15, -0.1) is 0 Å². The van der Waals surface area contributed by atoms with Crippen molar-refractivity contribution in [1.82, 2.24) is 5.32 Å². The molecule has 0 aromatic heterocycles. The van der Waals surface area contributed by atoms with Crippen LogP contribution >= 0.6 is 22.6 Å². The average Bonchev–Trinajstić information content (AvgIpc) is 2.49. The van der Waals surface area contributed by atoms with Crippen LogP contribution in [0.2, 0.25) is 0 Å². The van der Waals surface area contributed by atoms with E-state index in [1.54, 1.807) is 12.1 Å². The molecule has 112 valence electrons. The Morgan fingerprint density at radius 1 is 1.14 bits per heavy atom. The molecule has 3 heteroatoms. The first-order chi connectivity index (χ1) is 10.2. The molecule has 0 aliphatic heterocycles. The van der Waals surface area contributed by atoms with Gasteiger partial charge < -0.3 is 5.32 Å². The van der Waals surface area contributed by atoms with Crippen LogP contribution in [0, 0.1) is 9.39 Å². The van der Waals surface area contributed by atoms with Crippen LogP contribution < -0.4 is 5.32 Å². The van der Waals surface area contributed by atoms with Gasteiger partial charge in [0.1, 0.15) is 5.82 Å². The van der Waals surface area contributed by atoms with Crippen LogP contribution in [0.5, 0.6) is 0 Å². The molecule has 2 rings (SSSR count). The van der Waals surface area contributed by atoms with Crippen LogP contribution in [0.3, 0.4) is 0 Å².